The van der Waals surface area contributed by atoms with E-state index >= 15 is 0 Å². The van der Waals surface area contributed by atoms with Gasteiger partial charge in [-0.3, -0.25) is 0 Å². The zero-order chi connectivity index (χ0) is 12.6. The van der Waals surface area contributed by atoms with E-state index in [2.05, 4.69) is 0 Å². The maximum absolute atomic E-state index is 12.4. The second kappa shape index (κ2) is 4.63. The molecule has 1 saturated heterocycles. The topological polar surface area (TPSA) is 63.4 Å². The van der Waals surface area contributed by atoms with Gasteiger partial charge in [-0.05, 0) is 53.0 Å². The quantitative estimate of drug-likeness (QED) is 0.798. The molecule has 4 nitrogen and oxygen atoms in total. The molecule has 0 aromatic rings. The van der Waals surface area contributed by atoms with E-state index in [9.17, 15) is 8.42 Å². The number of sulfonamides is 1. The lowest BCUT2D eigenvalue weighted by molar-refractivity contribution is 0.207. The molecule has 0 amide bonds. The molecule has 0 aliphatic carbocycles. The fourth-order valence-corrected chi connectivity index (χ4v) is 3.72. The predicted octanol–water partition coefficient (Wildman–Crippen LogP) is 1.17. The van der Waals surface area contributed by atoms with E-state index in [1.165, 1.54) is 0 Å². The van der Waals surface area contributed by atoms with Crippen molar-refractivity contribution in [1.29, 1.82) is 0 Å². The smallest absolute Gasteiger partial charge is 0.219 e. The Hall–Kier alpha value is -0.130. The second-order valence-electron chi connectivity index (χ2n) is 5.72. The predicted molar refractivity (Wildman–Crippen MR) is 66.6 cm³/mol. The van der Waals surface area contributed by atoms with E-state index in [-0.39, 0.29) is 6.04 Å². The Balaban J connectivity index is 2.93. The van der Waals surface area contributed by atoms with Crippen LogP contribution < -0.4 is 5.73 Å². The highest BCUT2D eigenvalue weighted by Gasteiger charge is 2.40. The zero-order valence-electron chi connectivity index (χ0n) is 10.7. The fourth-order valence-electron chi connectivity index (χ4n) is 2.03. The van der Waals surface area contributed by atoms with Crippen molar-refractivity contribution in [1.82, 2.24) is 4.31 Å². The Kier molecular flexibility index (Phi) is 4.03. The van der Waals surface area contributed by atoms with Crippen molar-refractivity contribution in [2.45, 2.75) is 51.3 Å². The maximum Gasteiger partial charge on any atom is 0.219 e. The highest BCUT2D eigenvalue weighted by molar-refractivity contribution is 7.90. The summed E-state index contributed by atoms with van der Waals surface area (Å²) in [5.74, 6) is 0.313. The average Bonchev–Trinajstić information content (AvgIpc) is 2.16. The van der Waals surface area contributed by atoms with Gasteiger partial charge in [-0.25, -0.2) is 8.42 Å². The molecule has 1 aliphatic rings. The molecule has 96 valence electrons. The standard InChI is InChI=1S/C11H24N2O2S/c1-9-5-6-10(7-12)8-13(9)16(14,15)11(2,3)4/h9-10H,5-8,12H2,1-4H3. The van der Waals surface area contributed by atoms with Crippen LogP contribution in [-0.2, 0) is 10.0 Å². The molecule has 16 heavy (non-hydrogen) atoms. The number of nitrogens with zero attached hydrogens (tertiary/aromatic N) is 1. The van der Waals surface area contributed by atoms with E-state index < -0.39 is 14.8 Å². The summed E-state index contributed by atoms with van der Waals surface area (Å²) in [5, 5.41) is 0. The van der Waals surface area contributed by atoms with E-state index in [0.29, 0.717) is 19.0 Å². The van der Waals surface area contributed by atoms with Crippen molar-refractivity contribution >= 4 is 10.0 Å². The lowest BCUT2D eigenvalue weighted by Crippen LogP contribution is -2.52. The molecule has 2 unspecified atom stereocenters. The minimum absolute atomic E-state index is 0.104. The first kappa shape index (κ1) is 13.9. The van der Waals surface area contributed by atoms with Gasteiger partial charge in [0.1, 0.15) is 0 Å². The van der Waals surface area contributed by atoms with Crippen molar-refractivity contribution in [3.8, 4) is 0 Å². The van der Waals surface area contributed by atoms with Gasteiger partial charge >= 0.3 is 0 Å². The third-order valence-electron chi connectivity index (χ3n) is 3.34. The van der Waals surface area contributed by atoms with Crippen LogP contribution in [0.3, 0.4) is 0 Å². The summed E-state index contributed by atoms with van der Waals surface area (Å²) < 4.78 is 25.7. The van der Waals surface area contributed by atoms with Crippen molar-refractivity contribution in [3.05, 3.63) is 0 Å². The van der Waals surface area contributed by atoms with E-state index in [0.717, 1.165) is 12.8 Å². The monoisotopic (exact) mass is 248 g/mol. The molecular weight excluding hydrogens is 224 g/mol. The van der Waals surface area contributed by atoms with Crippen molar-refractivity contribution in [3.63, 3.8) is 0 Å². The SMILES string of the molecule is CC1CCC(CN)CN1S(=O)(=O)C(C)(C)C. The van der Waals surface area contributed by atoms with Gasteiger partial charge in [-0.2, -0.15) is 4.31 Å². The van der Waals surface area contributed by atoms with Crippen LogP contribution in [0.5, 0.6) is 0 Å². The summed E-state index contributed by atoms with van der Waals surface area (Å²) in [7, 11) is -3.21. The van der Waals surface area contributed by atoms with Crippen molar-refractivity contribution < 1.29 is 8.42 Å². The van der Waals surface area contributed by atoms with Gasteiger partial charge in [0.2, 0.25) is 10.0 Å². The first-order valence-electron chi connectivity index (χ1n) is 5.91. The number of nitrogens with two attached hydrogens (primary N) is 1. The average molecular weight is 248 g/mol. The molecule has 2 N–H and O–H groups in total. The molecule has 0 spiro atoms. The van der Waals surface area contributed by atoms with Crippen LogP contribution in [-0.4, -0.2) is 36.6 Å². The van der Waals surface area contributed by atoms with Gasteiger partial charge in [0.15, 0.2) is 0 Å². The van der Waals surface area contributed by atoms with Gasteiger partial charge in [-0.1, -0.05) is 0 Å². The van der Waals surface area contributed by atoms with Gasteiger partial charge in [0.05, 0.1) is 4.75 Å². The van der Waals surface area contributed by atoms with Crippen LogP contribution in [0.15, 0.2) is 0 Å². The van der Waals surface area contributed by atoms with Gasteiger partial charge in [0, 0.05) is 12.6 Å². The molecule has 0 saturated carbocycles. The van der Waals surface area contributed by atoms with Crippen LogP contribution >= 0.6 is 0 Å². The maximum atomic E-state index is 12.4. The van der Waals surface area contributed by atoms with Crippen LogP contribution in [0.2, 0.25) is 0 Å². The Labute approximate surface area is 99.2 Å². The Morgan fingerprint density at radius 1 is 1.31 bits per heavy atom. The largest absolute Gasteiger partial charge is 0.330 e. The lowest BCUT2D eigenvalue weighted by Gasteiger charge is -2.40. The summed E-state index contributed by atoms with van der Waals surface area (Å²) in [6.45, 7) is 8.39. The lowest BCUT2D eigenvalue weighted by atomic mass is 9.96. The van der Waals surface area contributed by atoms with Crippen LogP contribution in [0.1, 0.15) is 40.5 Å². The van der Waals surface area contributed by atoms with E-state index in [4.69, 9.17) is 5.73 Å². The van der Waals surface area contributed by atoms with Crippen molar-refractivity contribution in [2.75, 3.05) is 13.1 Å². The molecular formula is C11H24N2O2S. The minimum Gasteiger partial charge on any atom is -0.330 e. The van der Waals surface area contributed by atoms with Gasteiger partial charge < -0.3 is 5.73 Å². The third-order valence-corrected chi connectivity index (χ3v) is 6.01. The van der Waals surface area contributed by atoms with E-state index in [1.54, 1.807) is 25.1 Å². The van der Waals surface area contributed by atoms with Crippen LogP contribution in [0, 0.1) is 5.92 Å². The second-order valence-corrected chi connectivity index (χ2v) is 8.36. The summed E-state index contributed by atoms with van der Waals surface area (Å²) in [6, 6.07) is 0.104. The minimum atomic E-state index is -3.21. The van der Waals surface area contributed by atoms with Crippen molar-refractivity contribution in [2.24, 2.45) is 11.7 Å². The normalized spacial score (nSPS) is 29.3. The molecule has 1 aliphatic heterocycles. The summed E-state index contributed by atoms with van der Waals surface area (Å²) >= 11 is 0. The molecule has 0 aromatic carbocycles. The zero-order valence-corrected chi connectivity index (χ0v) is 11.5. The number of hydrogen-bond acceptors (Lipinski definition) is 3. The first-order chi connectivity index (χ1) is 7.20. The molecule has 1 fully saturated rings. The highest BCUT2D eigenvalue weighted by Crippen LogP contribution is 2.29. The van der Waals surface area contributed by atoms with Crippen LogP contribution in [0.4, 0.5) is 0 Å². The Bertz CT molecular complexity index is 332. The summed E-state index contributed by atoms with van der Waals surface area (Å²) in [6.07, 6.45) is 1.95. The number of hydrogen-bond donors (Lipinski definition) is 1. The molecule has 5 heteroatoms. The molecule has 0 radical (unpaired) electrons. The van der Waals surface area contributed by atoms with Gasteiger partial charge in [-0.15, -0.1) is 0 Å². The molecule has 1 rings (SSSR count). The number of piperidine rings is 1. The fraction of sp³-hybridized carbons (Fsp3) is 1.00. The molecule has 0 bridgehead atoms. The molecule has 2 atom stereocenters. The Morgan fingerprint density at radius 2 is 1.88 bits per heavy atom. The van der Waals surface area contributed by atoms with Gasteiger partial charge in [0.25, 0.3) is 0 Å². The summed E-state index contributed by atoms with van der Waals surface area (Å²) in [4.78, 5) is 0. The molecule has 1 heterocycles. The number of rotatable bonds is 2. The third kappa shape index (κ3) is 2.57. The summed E-state index contributed by atoms with van der Waals surface area (Å²) in [5.41, 5.74) is 5.64. The Morgan fingerprint density at radius 3 is 2.31 bits per heavy atom. The van der Waals surface area contributed by atoms with E-state index in [1.807, 2.05) is 6.92 Å². The molecule has 0 aromatic heterocycles. The highest BCUT2D eigenvalue weighted by atomic mass is 32.2. The first-order valence-corrected chi connectivity index (χ1v) is 7.35. The van der Waals surface area contributed by atoms with Crippen LogP contribution in [0.25, 0.3) is 0 Å².